The van der Waals surface area contributed by atoms with Crippen molar-refractivity contribution in [1.82, 2.24) is 4.98 Å². The first-order chi connectivity index (χ1) is 8.59. The number of rotatable bonds is 3. The van der Waals surface area contributed by atoms with E-state index in [4.69, 9.17) is 17.3 Å². The van der Waals surface area contributed by atoms with E-state index in [1.807, 2.05) is 19.1 Å². The molecule has 0 fully saturated rings. The minimum atomic E-state index is -0.427. The normalized spacial score (nSPS) is 14.2. The van der Waals surface area contributed by atoms with Gasteiger partial charge in [-0.25, -0.2) is 4.39 Å². The Balaban J connectivity index is 2.25. The minimum Gasteiger partial charge on any atom is -0.323 e. The zero-order valence-electron chi connectivity index (χ0n) is 9.98. The highest BCUT2D eigenvalue weighted by Crippen LogP contribution is 2.30. The highest BCUT2D eigenvalue weighted by molar-refractivity contribution is 6.30. The first-order valence-corrected chi connectivity index (χ1v) is 6.08. The van der Waals surface area contributed by atoms with Crippen LogP contribution in [-0.4, -0.2) is 4.98 Å². The van der Waals surface area contributed by atoms with E-state index in [9.17, 15) is 4.39 Å². The number of hydrogen-bond donors (Lipinski definition) is 1. The summed E-state index contributed by atoms with van der Waals surface area (Å²) in [6.07, 6.45) is 3.46. The van der Waals surface area contributed by atoms with E-state index in [1.165, 1.54) is 6.07 Å². The van der Waals surface area contributed by atoms with Crippen LogP contribution in [0.2, 0.25) is 5.02 Å². The number of benzene rings is 1. The SMILES string of the molecule is CC(c1ccncc1)C(N)c1ccc(F)c(Cl)c1. The van der Waals surface area contributed by atoms with Gasteiger partial charge in [0.05, 0.1) is 5.02 Å². The average Bonchev–Trinajstić information content (AvgIpc) is 2.41. The largest absolute Gasteiger partial charge is 0.323 e. The molecule has 94 valence electrons. The molecular weight excluding hydrogens is 251 g/mol. The Morgan fingerprint density at radius 1 is 1.17 bits per heavy atom. The molecule has 0 aliphatic rings. The van der Waals surface area contributed by atoms with Crippen LogP contribution in [0.3, 0.4) is 0 Å². The predicted molar refractivity (Wildman–Crippen MR) is 71.0 cm³/mol. The minimum absolute atomic E-state index is 0.102. The quantitative estimate of drug-likeness (QED) is 0.919. The van der Waals surface area contributed by atoms with Gasteiger partial charge < -0.3 is 5.73 Å². The van der Waals surface area contributed by atoms with Gasteiger partial charge in [-0.05, 0) is 35.4 Å². The van der Waals surface area contributed by atoms with Gasteiger partial charge in [-0.15, -0.1) is 0 Å². The molecule has 0 spiro atoms. The molecule has 1 aromatic heterocycles. The Hall–Kier alpha value is -1.45. The fourth-order valence-corrected chi connectivity index (χ4v) is 2.07. The monoisotopic (exact) mass is 264 g/mol. The Bertz CT molecular complexity index is 531. The molecule has 0 aliphatic carbocycles. The number of halogens is 2. The number of nitrogens with zero attached hydrogens (tertiary/aromatic N) is 1. The maximum atomic E-state index is 13.1. The smallest absolute Gasteiger partial charge is 0.141 e. The van der Waals surface area contributed by atoms with Crippen LogP contribution in [0.5, 0.6) is 0 Å². The van der Waals surface area contributed by atoms with Crippen molar-refractivity contribution in [3.63, 3.8) is 0 Å². The van der Waals surface area contributed by atoms with Gasteiger partial charge >= 0.3 is 0 Å². The van der Waals surface area contributed by atoms with Crippen LogP contribution in [-0.2, 0) is 0 Å². The molecule has 2 unspecified atom stereocenters. The van der Waals surface area contributed by atoms with Crippen molar-refractivity contribution >= 4 is 11.6 Å². The summed E-state index contributed by atoms with van der Waals surface area (Å²) in [6, 6.07) is 8.22. The van der Waals surface area contributed by atoms with E-state index < -0.39 is 5.82 Å². The van der Waals surface area contributed by atoms with E-state index in [2.05, 4.69) is 4.98 Å². The Labute approximate surface area is 111 Å². The third-order valence-corrected chi connectivity index (χ3v) is 3.39. The summed E-state index contributed by atoms with van der Waals surface area (Å²) in [4.78, 5) is 3.97. The van der Waals surface area contributed by atoms with E-state index >= 15 is 0 Å². The number of pyridine rings is 1. The first-order valence-electron chi connectivity index (χ1n) is 5.70. The molecule has 4 heteroatoms. The molecule has 1 aromatic carbocycles. The van der Waals surface area contributed by atoms with Gasteiger partial charge in [0.2, 0.25) is 0 Å². The third-order valence-electron chi connectivity index (χ3n) is 3.10. The molecule has 0 radical (unpaired) electrons. The molecule has 0 saturated heterocycles. The Morgan fingerprint density at radius 2 is 1.83 bits per heavy atom. The van der Waals surface area contributed by atoms with Crippen molar-refractivity contribution in [2.45, 2.75) is 18.9 Å². The lowest BCUT2D eigenvalue weighted by Gasteiger charge is -2.20. The van der Waals surface area contributed by atoms with E-state index in [1.54, 1.807) is 24.5 Å². The van der Waals surface area contributed by atoms with Crippen LogP contribution < -0.4 is 5.73 Å². The first kappa shape index (κ1) is 13.0. The van der Waals surface area contributed by atoms with Gasteiger partial charge in [0.25, 0.3) is 0 Å². The standard InChI is InChI=1S/C14H14ClFN2/c1-9(10-4-6-18-7-5-10)14(17)11-2-3-13(16)12(15)8-11/h2-9,14H,17H2,1H3. The lowest BCUT2D eigenvalue weighted by atomic mass is 9.90. The molecule has 1 heterocycles. The highest BCUT2D eigenvalue weighted by atomic mass is 35.5. The van der Waals surface area contributed by atoms with Gasteiger partial charge in [-0.3, -0.25) is 4.98 Å². The van der Waals surface area contributed by atoms with Crippen molar-refractivity contribution in [2.75, 3.05) is 0 Å². The number of aromatic nitrogens is 1. The van der Waals surface area contributed by atoms with Crippen LogP contribution in [0.25, 0.3) is 0 Å². The fraction of sp³-hybridized carbons (Fsp3) is 0.214. The predicted octanol–water partition coefficient (Wildman–Crippen LogP) is 3.68. The number of hydrogen-bond acceptors (Lipinski definition) is 2. The second-order valence-corrected chi connectivity index (χ2v) is 4.68. The molecule has 0 saturated carbocycles. The van der Waals surface area contributed by atoms with Crippen molar-refractivity contribution < 1.29 is 4.39 Å². The van der Waals surface area contributed by atoms with Gasteiger partial charge in [0, 0.05) is 24.4 Å². The molecule has 0 aliphatic heterocycles. The highest BCUT2D eigenvalue weighted by Gasteiger charge is 2.17. The van der Waals surface area contributed by atoms with Crippen LogP contribution in [0.1, 0.15) is 30.0 Å². The molecule has 2 N–H and O–H groups in total. The van der Waals surface area contributed by atoms with Crippen molar-refractivity contribution in [3.05, 3.63) is 64.7 Å². The summed E-state index contributed by atoms with van der Waals surface area (Å²) < 4.78 is 13.1. The van der Waals surface area contributed by atoms with Crippen LogP contribution in [0, 0.1) is 5.82 Å². The second-order valence-electron chi connectivity index (χ2n) is 4.27. The molecule has 2 atom stereocenters. The van der Waals surface area contributed by atoms with Gasteiger partial charge in [-0.1, -0.05) is 24.6 Å². The maximum absolute atomic E-state index is 13.1. The summed E-state index contributed by atoms with van der Waals surface area (Å²) >= 11 is 5.77. The molecule has 18 heavy (non-hydrogen) atoms. The maximum Gasteiger partial charge on any atom is 0.141 e. The van der Waals surface area contributed by atoms with Gasteiger partial charge in [0.15, 0.2) is 0 Å². The molecule has 0 amide bonds. The second kappa shape index (κ2) is 5.46. The van der Waals surface area contributed by atoms with E-state index in [0.717, 1.165) is 11.1 Å². The summed E-state index contributed by atoms with van der Waals surface area (Å²) in [5, 5.41) is 0.102. The summed E-state index contributed by atoms with van der Waals surface area (Å²) in [6.45, 7) is 2.03. The molecule has 2 nitrogen and oxygen atoms in total. The summed E-state index contributed by atoms with van der Waals surface area (Å²) in [5.41, 5.74) is 8.11. The Kier molecular flexibility index (Phi) is 3.94. The topological polar surface area (TPSA) is 38.9 Å². The summed E-state index contributed by atoms with van der Waals surface area (Å²) in [7, 11) is 0. The number of nitrogens with two attached hydrogens (primary N) is 1. The van der Waals surface area contributed by atoms with Gasteiger partial charge in [-0.2, -0.15) is 0 Å². The summed E-state index contributed by atoms with van der Waals surface area (Å²) in [5.74, 6) is -0.321. The lowest BCUT2D eigenvalue weighted by Crippen LogP contribution is -2.17. The van der Waals surface area contributed by atoms with Crippen LogP contribution >= 0.6 is 11.6 Å². The van der Waals surface area contributed by atoms with Crippen LogP contribution in [0.15, 0.2) is 42.7 Å². The van der Waals surface area contributed by atoms with Crippen molar-refractivity contribution in [1.29, 1.82) is 0 Å². The molecular formula is C14H14ClFN2. The molecule has 0 bridgehead atoms. The average molecular weight is 265 g/mol. The molecule has 2 rings (SSSR count). The van der Waals surface area contributed by atoms with Crippen LogP contribution in [0.4, 0.5) is 4.39 Å². The zero-order chi connectivity index (χ0) is 13.1. The van der Waals surface area contributed by atoms with E-state index in [0.29, 0.717) is 0 Å². The fourth-order valence-electron chi connectivity index (χ4n) is 1.88. The lowest BCUT2D eigenvalue weighted by molar-refractivity contribution is 0.591. The van der Waals surface area contributed by atoms with E-state index in [-0.39, 0.29) is 17.0 Å². The van der Waals surface area contributed by atoms with Crippen molar-refractivity contribution in [3.8, 4) is 0 Å². The Morgan fingerprint density at radius 3 is 2.44 bits per heavy atom. The van der Waals surface area contributed by atoms with Crippen molar-refractivity contribution in [2.24, 2.45) is 5.73 Å². The van der Waals surface area contributed by atoms with Gasteiger partial charge in [0.1, 0.15) is 5.82 Å². The zero-order valence-corrected chi connectivity index (χ0v) is 10.7. The third kappa shape index (κ3) is 2.68. The molecule has 2 aromatic rings.